The van der Waals surface area contributed by atoms with Gasteiger partial charge in [-0.15, -0.1) is 0 Å². The van der Waals surface area contributed by atoms with E-state index in [-0.39, 0.29) is 12.0 Å². The first-order valence-electron chi connectivity index (χ1n) is 6.84. The largest absolute Gasteiger partial charge is 0.392 e. The molecule has 0 saturated carbocycles. The molecule has 6 nitrogen and oxygen atoms in total. The van der Waals surface area contributed by atoms with Crippen LogP contribution in [0.1, 0.15) is 13.3 Å². The summed E-state index contributed by atoms with van der Waals surface area (Å²) in [7, 11) is 0. The van der Waals surface area contributed by atoms with E-state index in [1.807, 2.05) is 17.9 Å². The molecule has 0 radical (unpaired) electrons. The summed E-state index contributed by atoms with van der Waals surface area (Å²) in [6, 6.07) is 1.82. The number of nitrogens with zero attached hydrogens (tertiary/aromatic N) is 4. The number of hydrogen-bond donors (Lipinski definition) is 1. The zero-order valence-electron chi connectivity index (χ0n) is 11.4. The predicted molar refractivity (Wildman–Crippen MR) is 71.5 cm³/mol. The van der Waals surface area contributed by atoms with E-state index in [2.05, 4.69) is 10.00 Å². The smallest absolute Gasteiger partial charge is 0.244 e. The number of hydrogen-bond acceptors (Lipinski definition) is 4. The van der Waals surface area contributed by atoms with Crippen LogP contribution in [0.3, 0.4) is 0 Å². The Bertz CT molecular complexity index is 385. The van der Waals surface area contributed by atoms with E-state index in [9.17, 15) is 9.90 Å². The molecule has 1 aromatic rings. The third-order valence-electron chi connectivity index (χ3n) is 3.52. The highest BCUT2D eigenvalue weighted by atomic mass is 16.3. The number of β-amino-alcohol motifs (C(OH)–C–C–N with tert-alkyl or cyclic N) is 1. The van der Waals surface area contributed by atoms with Crippen LogP contribution in [-0.4, -0.2) is 69.4 Å². The molecule has 1 fully saturated rings. The van der Waals surface area contributed by atoms with Gasteiger partial charge >= 0.3 is 0 Å². The van der Waals surface area contributed by atoms with E-state index < -0.39 is 0 Å². The van der Waals surface area contributed by atoms with Crippen LogP contribution >= 0.6 is 0 Å². The number of carbonyl (C=O) groups excluding carboxylic acids is 1. The van der Waals surface area contributed by atoms with Crippen molar-refractivity contribution in [2.75, 3.05) is 32.7 Å². The molecule has 19 heavy (non-hydrogen) atoms. The van der Waals surface area contributed by atoms with E-state index in [4.69, 9.17) is 0 Å². The normalized spacial score (nSPS) is 18.5. The highest BCUT2D eigenvalue weighted by Gasteiger charge is 2.22. The van der Waals surface area contributed by atoms with Crippen LogP contribution < -0.4 is 0 Å². The van der Waals surface area contributed by atoms with Gasteiger partial charge in [-0.25, -0.2) is 0 Å². The van der Waals surface area contributed by atoms with Crippen molar-refractivity contribution in [2.24, 2.45) is 0 Å². The Hall–Kier alpha value is -1.40. The Morgan fingerprint density at radius 3 is 2.68 bits per heavy atom. The lowest BCUT2D eigenvalue weighted by Gasteiger charge is -2.35. The fourth-order valence-electron chi connectivity index (χ4n) is 2.24. The monoisotopic (exact) mass is 266 g/mol. The molecule has 1 aliphatic rings. The molecule has 1 N–H and O–H groups in total. The van der Waals surface area contributed by atoms with Crippen molar-refractivity contribution in [3.05, 3.63) is 18.5 Å². The van der Waals surface area contributed by atoms with Crippen LogP contribution in [0.5, 0.6) is 0 Å². The quantitative estimate of drug-likeness (QED) is 0.801. The molecule has 1 aromatic heterocycles. The molecule has 2 rings (SSSR count). The van der Waals surface area contributed by atoms with Gasteiger partial charge in [0.05, 0.1) is 6.10 Å². The highest BCUT2D eigenvalue weighted by molar-refractivity contribution is 5.76. The summed E-state index contributed by atoms with van der Waals surface area (Å²) in [4.78, 5) is 16.1. The van der Waals surface area contributed by atoms with E-state index in [1.54, 1.807) is 17.1 Å². The molecule has 0 bridgehead atoms. The molecule has 0 aromatic carbocycles. The lowest BCUT2D eigenvalue weighted by molar-refractivity contribution is -0.133. The number of amides is 1. The summed E-state index contributed by atoms with van der Waals surface area (Å²) in [5.74, 6) is 0.111. The van der Waals surface area contributed by atoms with Crippen molar-refractivity contribution in [1.29, 1.82) is 0 Å². The third-order valence-corrected chi connectivity index (χ3v) is 3.52. The van der Waals surface area contributed by atoms with Crippen LogP contribution in [0, 0.1) is 0 Å². The molecule has 1 atom stereocenters. The van der Waals surface area contributed by atoms with Gasteiger partial charge in [0.15, 0.2) is 0 Å². The SMILES string of the molecule is CC[C@@H](O)CN1CCN(C(=O)Cn2cccn2)CC1. The first-order valence-corrected chi connectivity index (χ1v) is 6.84. The Morgan fingerprint density at radius 2 is 2.11 bits per heavy atom. The van der Waals surface area contributed by atoms with Gasteiger partial charge in [-0.1, -0.05) is 6.92 Å². The van der Waals surface area contributed by atoms with Crippen molar-refractivity contribution in [3.8, 4) is 0 Å². The van der Waals surface area contributed by atoms with Gasteiger partial charge < -0.3 is 10.0 Å². The molecule has 0 spiro atoms. The average molecular weight is 266 g/mol. The van der Waals surface area contributed by atoms with Gasteiger partial charge in [0.2, 0.25) is 5.91 Å². The second-order valence-electron chi connectivity index (χ2n) is 4.95. The lowest BCUT2D eigenvalue weighted by Crippen LogP contribution is -2.51. The summed E-state index contributed by atoms with van der Waals surface area (Å²) in [6.45, 7) is 6.13. The highest BCUT2D eigenvalue weighted by Crippen LogP contribution is 2.05. The zero-order valence-corrected chi connectivity index (χ0v) is 11.4. The first-order chi connectivity index (χ1) is 9.19. The van der Waals surface area contributed by atoms with Crippen LogP contribution in [0.4, 0.5) is 0 Å². The fourth-order valence-corrected chi connectivity index (χ4v) is 2.24. The van der Waals surface area contributed by atoms with Gasteiger partial charge in [-0.2, -0.15) is 5.10 Å². The fraction of sp³-hybridized carbons (Fsp3) is 0.692. The molecule has 0 unspecified atom stereocenters. The van der Waals surface area contributed by atoms with Crippen LogP contribution in [0.2, 0.25) is 0 Å². The van der Waals surface area contributed by atoms with Crippen molar-refractivity contribution < 1.29 is 9.90 Å². The number of aliphatic hydroxyl groups is 1. The van der Waals surface area contributed by atoms with E-state index >= 15 is 0 Å². The number of rotatable bonds is 5. The summed E-state index contributed by atoms with van der Waals surface area (Å²) in [5.41, 5.74) is 0. The van der Waals surface area contributed by atoms with E-state index in [0.29, 0.717) is 13.1 Å². The Balaban J connectivity index is 1.75. The second kappa shape index (κ2) is 6.68. The molecule has 1 amide bonds. The Morgan fingerprint density at radius 1 is 1.37 bits per heavy atom. The summed E-state index contributed by atoms with van der Waals surface area (Å²) in [5, 5.41) is 13.7. The topological polar surface area (TPSA) is 61.6 Å². The standard InChI is InChI=1S/C13H22N4O2/c1-2-12(18)10-15-6-8-16(9-7-15)13(19)11-17-5-3-4-14-17/h3-5,12,18H,2,6-11H2,1H3/t12-/m1/s1. The molecule has 1 saturated heterocycles. The Labute approximate surface area is 113 Å². The summed E-state index contributed by atoms with van der Waals surface area (Å²) in [6.07, 6.45) is 3.99. The molecular weight excluding hydrogens is 244 g/mol. The summed E-state index contributed by atoms with van der Waals surface area (Å²) < 4.78 is 1.65. The van der Waals surface area contributed by atoms with Gasteiger partial charge in [-0.05, 0) is 12.5 Å². The molecule has 0 aliphatic carbocycles. The van der Waals surface area contributed by atoms with E-state index in [1.165, 1.54) is 0 Å². The van der Waals surface area contributed by atoms with Crippen molar-refractivity contribution in [1.82, 2.24) is 19.6 Å². The molecule has 106 valence electrons. The minimum Gasteiger partial charge on any atom is -0.392 e. The maximum absolute atomic E-state index is 12.0. The van der Waals surface area contributed by atoms with Gasteiger partial charge in [-0.3, -0.25) is 14.4 Å². The number of piperazine rings is 1. The lowest BCUT2D eigenvalue weighted by atomic mass is 10.2. The molecule has 6 heteroatoms. The van der Waals surface area contributed by atoms with Gasteiger partial charge in [0.25, 0.3) is 0 Å². The van der Waals surface area contributed by atoms with Crippen molar-refractivity contribution in [3.63, 3.8) is 0 Å². The molecular formula is C13H22N4O2. The van der Waals surface area contributed by atoms with E-state index in [0.717, 1.165) is 32.6 Å². The van der Waals surface area contributed by atoms with Crippen LogP contribution in [0.15, 0.2) is 18.5 Å². The van der Waals surface area contributed by atoms with Crippen molar-refractivity contribution in [2.45, 2.75) is 26.0 Å². The molecule has 2 heterocycles. The predicted octanol–water partition coefficient (Wildman–Crippen LogP) is -0.202. The van der Waals surface area contributed by atoms with Crippen LogP contribution in [-0.2, 0) is 11.3 Å². The minimum atomic E-state index is -0.258. The number of aromatic nitrogens is 2. The Kier molecular flexibility index (Phi) is 4.93. The minimum absolute atomic E-state index is 0.111. The summed E-state index contributed by atoms with van der Waals surface area (Å²) >= 11 is 0. The van der Waals surface area contributed by atoms with Crippen LogP contribution in [0.25, 0.3) is 0 Å². The number of carbonyl (C=O) groups is 1. The van der Waals surface area contributed by atoms with Gasteiger partial charge in [0.1, 0.15) is 6.54 Å². The first kappa shape index (κ1) is 14.0. The third kappa shape index (κ3) is 4.04. The molecule has 1 aliphatic heterocycles. The zero-order chi connectivity index (χ0) is 13.7. The average Bonchev–Trinajstić information content (AvgIpc) is 2.92. The maximum atomic E-state index is 12.0. The van der Waals surface area contributed by atoms with Gasteiger partial charge in [0, 0.05) is 45.1 Å². The van der Waals surface area contributed by atoms with Crippen molar-refractivity contribution >= 4 is 5.91 Å². The maximum Gasteiger partial charge on any atom is 0.244 e. The second-order valence-corrected chi connectivity index (χ2v) is 4.95. The number of aliphatic hydroxyl groups excluding tert-OH is 1.